The third-order valence-corrected chi connectivity index (χ3v) is 4.85. The van der Waals surface area contributed by atoms with Crippen LogP contribution in [0, 0.1) is 19.7 Å². The normalized spacial score (nSPS) is 10.4. The Morgan fingerprint density at radius 3 is 2.70 bits per heavy atom. The highest BCUT2D eigenvalue weighted by Gasteiger charge is 2.03. The third kappa shape index (κ3) is 5.52. The lowest BCUT2D eigenvalue weighted by molar-refractivity contribution is 0.617. The van der Waals surface area contributed by atoms with Crippen LogP contribution in [0.4, 0.5) is 10.1 Å². The number of thiocarbonyl (C=S) groups is 1. The second-order valence-corrected chi connectivity index (χ2v) is 6.79. The van der Waals surface area contributed by atoms with Crippen molar-refractivity contribution in [1.29, 1.82) is 0 Å². The number of anilines is 1. The number of rotatable bonds is 6. The van der Waals surface area contributed by atoms with Crippen LogP contribution in [-0.4, -0.2) is 17.4 Å². The molecule has 0 saturated heterocycles. The smallest absolute Gasteiger partial charge is 0.170 e. The molecule has 0 bridgehead atoms. The molecule has 0 radical (unpaired) electrons. The molecule has 0 saturated carbocycles. The molecule has 2 rings (SSSR count). The Morgan fingerprint density at radius 2 is 1.91 bits per heavy atom. The van der Waals surface area contributed by atoms with Gasteiger partial charge in [-0.15, -0.1) is 0 Å². The summed E-state index contributed by atoms with van der Waals surface area (Å²) >= 11 is 7.00. The zero-order valence-electron chi connectivity index (χ0n) is 13.4. The van der Waals surface area contributed by atoms with Crippen LogP contribution in [0.3, 0.4) is 0 Å². The Morgan fingerprint density at radius 1 is 1.13 bits per heavy atom. The van der Waals surface area contributed by atoms with E-state index in [1.54, 1.807) is 17.8 Å². The van der Waals surface area contributed by atoms with E-state index < -0.39 is 0 Å². The van der Waals surface area contributed by atoms with Gasteiger partial charge in [0.25, 0.3) is 0 Å². The van der Waals surface area contributed by atoms with E-state index >= 15 is 0 Å². The van der Waals surface area contributed by atoms with Crippen LogP contribution in [0.15, 0.2) is 42.5 Å². The lowest BCUT2D eigenvalue weighted by Gasteiger charge is -2.13. The molecular formula is C18H21FN2S2. The van der Waals surface area contributed by atoms with Crippen LogP contribution in [0.25, 0.3) is 0 Å². The first-order valence-corrected chi connectivity index (χ1v) is 9.06. The summed E-state index contributed by atoms with van der Waals surface area (Å²) in [5.74, 6) is 1.40. The first kappa shape index (κ1) is 17.8. The van der Waals surface area contributed by atoms with Gasteiger partial charge in [0, 0.05) is 23.7 Å². The van der Waals surface area contributed by atoms with E-state index in [4.69, 9.17) is 12.2 Å². The van der Waals surface area contributed by atoms with E-state index in [0.29, 0.717) is 10.9 Å². The standard InChI is InChI=1S/C18H21FN2S2/c1-13-6-5-9-17(14(13)2)21-18(22)20-10-11-23-12-15-7-3-4-8-16(15)19/h3-9H,10-12H2,1-2H3,(H2,20,21,22). The highest BCUT2D eigenvalue weighted by molar-refractivity contribution is 7.98. The summed E-state index contributed by atoms with van der Waals surface area (Å²) in [6, 6.07) is 13.0. The molecule has 0 aliphatic rings. The van der Waals surface area contributed by atoms with Crippen LogP contribution >= 0.6 is 24.0 Å². The Kier molecular flexibility index (Phi) is 6.86. The van der Waals surface area contributed by atoms with Crippen molar-refractivity contribution >= 4 is 34.8 Å². The molecule has 0 fully saturated rings. The van der Waals surface area contributed by atoms with E-state index in [9.17, 15) is 4.39 Å². The molecule has 0 heterocycles. The minimum Gasteiger partial charge on any atom is -0.362 e. The second kappa shape index (κ2) is 8.89. The minimum absolute atomic E-state index is 0.139. The summed E-state index contributed by atoms with van der Waals surface area (Å²) in [4.78, 5) is 0. The van der Waals surface area contributed by atoms with Crippen molar-refractivity contribution < 1.29 is 4.39 Å². The lowest BCUT2D eigenvalue weighted by Crippen LogP contribution is -2.30. The maximum absolute atomic E-state index is 13.5. The van der Waals surface area contributed by atoms with Gasteiger partial charge in [0.15, 0.2) is 5.11 Å². The fourth-order valence-corrected chi connectivity index (χ4v) is 3.14. The number of thioether (sulfide) groups is 1. The first-order valence-electron chi connectivity index (χ1n) is 7.50. The molecule has 0 spiro atoms. The summed E-state index contributed by atoms with van der Waals surface area (Å²) in [6.07, 6.45) is 0. The zero-order chi connectivity index (χ0) is 16.7. The predicted molar refractivity (Wildman–Crippen MR) is 103 cm³/mol. The molecule has 2 aromatic rings. The number of benzene rings is 2. The van der Waals surface area contributed by atoms with Crippen LogP contribution in [0.2, 0.25) is 0 Å². The van der Waals surface area contributed by atoms with Gasteiger partial charge in [0.05, 0.1) is 0 Å². The van der Waals surface area contributed by atoms with Crippen molar-refractivity contribution in [1.82, 2.24) is 5.32 Å². The molecule has 0 unspecified atom stereocenters. The van der Waals surface area contributed by atoms with E-state index in [1.165, 1.54) is 17.2 Å². The van der Waals surface area contributed by atoms with E-state index in [-0.39, 0.29) is 5.82 Å². The Labute approximate surface area is 146 Å². The molecule has 2 aromatic carbocycles. The van der Waals surface area contributed by atoms with Crippen molar-refractivity contribution in [2.45, 2.75) is 19.6 Å². The molecule has 0 amide bonds. The first-order chi connectivity index (χ1) is 11.1. The monoisotopic (exact) mass is 348 g/mol. The lowest BCUT2D eigenvalue weighted by atomic mass is 10.1. The van der Waals surface area contributed by atoms with Gasteiger partial charge in [-0.2, -0.15) is 11.8 Å². The summed E-state index contributed by atoms with van der Waals surface area (Å²) < 4.78 is 13.5. The van der Waals surface area contributed by atoms with Gasteiger partial charge in [-0.1, -0.05) is 30.3 Å². The van der Waals surface area contributed by atoms with Crippen molar-refractivity contribution in [3.05, 3.63) is 65.0 Å². The molecule has 122 valence electrons. The third-order valence-electron chi connectivity index (χ3n) is 3.60. The molecule has 5 heteroatoms. The van der Waals surface area contributed by atoms with Gasteiger partial charge in [0.1, 0.15) is 5.82 Å². The fourth-order valence-electron chi connectivity index (χ4n) is 2.09. The highest BCUT2D eigenvalue weighted by atomic mass is 32.2. The van der Waals surface area contributed by atoms with Gasteiger partial charge in [0.2, 0.25) is 0 Å². The van der Waals surface area contributed by atoms with Crippen molar-refractivity contribution in [3.63, 3.8) is 0 Å². The van der Waals surface area contributed by atoms with Crippen LogP contribution in [-0.2, 0) is 5.75 Å². The minimum atomic E-state index is -0.139. The van der Waals surface area contributed by atoms with Crippen LogP contribution in [0.5, 0.6) is 0 Å². The van der Waals surface area contributed by atoms with Gasteiger partial charge in [-0.25, -0.2) is 4.39 Å². The largest absolute Gasteiger partial charge is 0.362 e. The van der Waals surface area contributed by atoms with Crippen LogP contribution < -0.4 is 10.6 Å². The number of halogens is 1. The zero-order valence-corrected chi connectivity index (χ0v) is 15.0. The highest BCUT2D eigenvalue weighted by Crippen LogP contribution is 2.18. The molecule has 0 atom stereocenters. The topological polar surface area (TPSA) is 24.1 Å². The van der Waals surface area contributed by atoms with Crippen molar-refractivity contribution in [3.8, 4) is 0 Å². The fraction of sp³-hybridized carbons (Fsp3) is 0.278. The SMILES string of the molecule is Cc1cccc(NC(=S)NCCSCc2ccccc2F)c1C. The summed E-state index contributed by atoms with van der Waals surface area (Å²) in [7, 11) is 0. The van der Waals surface area contributed by atoms with Gasteiger partial charge in [-0.05, 0) is 54.9 Å². The number of hydrogen-bond acceptors (Lipinski definition) is 2. The quantitative estimate of drug-likeness (QED) is 0.585. The molecule has 2 nitrogen and oxygen atoms in total. The number of nitrogens with one attached hydrogen (secondary N) is 2. The Balaban J connectivity index is 1.69. The summed E-state index contributed by atoms with van der Waals surface area (Å²) in [6.45, 7) is 4.90. The van der Waals surface area contributed by atoms with E-state index in [2.05, 4.69) is 30.5 Å². The number of hydrogen-bond donors (Lipinski definition) is 2. The van der Waals surface area contributed by atoms with Crippen LogP contribution in [0.1, 0.15) is 16.7 Å². The van der Waals surface area contributed by atoms with E-state index in [0.717, 1.165) is 23.5 Å². The average molecular weight is 349 g/mol. The second-order valence-electron chi connectivity index (χ2n) is 5.27. The molecule has 23 heavy (non-hydrogen) atoms. The number of aryl methyl sites for hydroxylation is 1. The van der Waals surface area contributed by atoms with Gasteiger partial charge < -0.3 is 10.6 Å². The predicted octanol–water partition coefficient (Wildman–Crippen LogP) is 4.66. The summed E-state index contributed by atoms with van der Waals surface area (Å²) in [5, 5.41) is 7.02. The Hall–Kier alpha value is -1.59. The average Bonchev–Trinajstić information content (AvgIpc) is 2.53. The van der Waals surface area contributed by atoms with Gasteiger partial charge in [-0.3, -0.25) is 0 Å². The molecule has 2 N–H and O–H groups in total. The molecule has 0 aliphatic heterocycles. The van der Waals surface area contributed by atoms with Gasteiger partial charge >= 0.3 is 0 Å². The molecule has 0 aliphatic carbocycles. The Bertz CT molecular complexity index is 674. The molecule has 0 aromatic heterocycles. The maximum atomic E-state index is 13.5. The molecular weight excluding hydrogens is 327 g/mol. The van der Waals surface area contributed by atoms with Crippen molar-refractivity contribution in [2.24, 2.45) is 0 Å². The summed E-state index contributed by atoms with van der Waals surface area (Å²) in [5.41, 5.74) is 4.21. The maximum Gasteiger partial charge on any atom is 0.170 e. The van der Waals surface area contributed by atoms with Crippen molar-refractivity contribution in [2.75, 3.05) is 17.6 Å². The van der Waals surface area contributed by atoms with E-state index in [1.807, 2.05) is 24.3 Å².